The minimum atomic E-state index is -0.901. The first-order chi connectivity index (χ1) is 6.85. The Labute approximate surface area is 82.2 Å². The fourth-order valence-corrected chi connectivity index (χ4v) is 1.45. The number of nitrogens with zero attached hydrogens (tertiary/aromatic N) is 2. The van der Waals surface area contributed by atoms with Gasteiger partial charge in [0.2, 0.25) is 5.66 Å². The molecule has 70 valence electrons. The van der Waals surface area contributed by atoms with E-state index in [4.69, 9.17) is 0 Å². The van der Waals surface area contributed by atoms with Crippen LogP contribution in [0.5, 0.6) is 0 Å². The number of carbonyl (C=O) groups excluding carboxylic acids is 1. The predicted molar refractivity (Wildman–Crippen MR) is 55.9 cm³/mol. The van der Waals surface area contributed by atoms with Crippen LogP contribution in [-0.4, -0.2) is 24.4 Å². The van der Waals surface area contributed by atoms with E-state index < -0.39 is 5.66 Å². The fourth-order valence-electron chi connectivity index (χ4n) is 1.45. The van der Waals surface area contributed by atoms with E-state index in [-0.39, 0.29) is 0 Å². The second kappa shape index (κ2) is 3.54. The summed E-state index contributed by atoms with van der Waals surface area (Å²) in [6.45, 7) is 0. The number of hydrogen-bond acceptors (Lipinski definition) is 3. The fraction of sp³-hybridized carbons (Fsp3) is 0.182. The molecule has 0 unspecified atom stereocenters. The molecular weight excluding hydrogens is 176 g/mol. The van der Waals surface area contributed by atoms with E-state index in [1.807, 2.05) is 30.3 Å². The standard InChI is InChI=1S/C11H10N2O/c14-9-11(12-6-7-13-11)8-10-4-2-1-3-5-10/h1-7,9H,8H2. The van der Waals surface area contributed by atoms with Crippen molar-refractivity contribution in [3.05, 3.63) is 35.9 Å². The van der Waals surface area contributed by atoms with Gasteiger partial charge in [-0.2, -0.15) is 0 Å². The van der Waals surface area contributed by atoms with Crippen LogP contribution < -0.4 is 0 Å². The molecule has 1 aromatic rings. The van der Waals surface area contributed by atoms with Crippen molar-refractivity contribution in [3.8, 4) is 0 Å². The number of aliphatic imine (C=N–C) groups is 2. The zero-order valence-corrected chi connectivity index (χ0v) is 7.63. The lowest BCUT2D eigenvalue weighted by atomic mass is 10.0. The van der Waals surface area contributed by atoms with Crippen LogP contribution in [0.4, 0.5) is 0 Å². The van der Waals surface area contributed by atoms with Crippen LogP contribution in [0.1, 0.15) is 5.56 Å². The van der Waals surface area contributed by atoms with Gasteiger partial charge < -0.3 is 0 Å². The van der Waals surface area contributed by atoms with Crippen molar-refractivity contribution in [2.45, 2.75) is 12.1 Å². The summed E-state index contributed by atoms with van der Waals surface area (Å²) >= 11 is 0. The Morgan fingerprint density at radius 2 is 1.79 bits per heavy atom. The third-order valence-corrected chi connectivity index (χ3v) is 2.16. The monoisotopic (exact) mass is 186 g/mol. The maximum Gasteiger partial charge on any atom is 0.209 e. The van der Waals surface area contributed by atoms with Crippen LogP contribution in [0.2, 0.25) is 0 Å². The highest BCUT2D eigenvalue weighted by molar-refractivity contribution is 6.18. The largest absolute Gasteiger partial charge is 0.298 e. The van der Waals surface area contributed by atoms with E-state index in [0.29, 0.717) is 6.42 Å². The molecule has 1 heterocycles. The molecule has 3 nitrogen and oxygen atoms in total. The van der Waals surface area contributed by atoms with Crippen molar-refractivity contribution in [1.29, 1.82) is 0 Å². The van der Waals surface area contributed by atoms with Crippen molar-refractivity contribution in [2.75, 3.05) is 0 Å². The summed E-state index contributed by atoms with van der Waals surface area (Å²) in [5.41, 5.74) is 0.164. The maximum absolute atomic E-state index is 10.9. The molecule has 0 atom stereocenters. The van der Waals surface area contributed by atoms with E-state index in [1.165, 1.54) is 0 Å². The Hall–Kier alpha value is -1.77. The van der Waals surface area contributed by atoms with Gasteiger partial charge in [-0.1, -0.05) is 30.3 Å². The molecular formula is C11H10N2O. The lowest BCUT2D eigenvalue weighted by Gasteiger charge is -2.15. The Balaban J connectivity index is 2.21. The van der Waals surface area contributed by atoms with Gasteiger partial charge in [-0.3, -0.25) is 14.8 Å². The highest BCUT2D eigenvalue weighted by Gasteiger charge is 2.28. The Morgan fingerprint density at radius 1 is 1.14 bits per heavy atom. The molecule has 0 N–H and O–H groups in total. The number of carbonyl (C=O) groups is 1. The molecule has 0 saturated heterocycles. The van der Waals surface area contributed by atoms with Crippen LogP contribution in [0.3, 0.4) is 0 Å². The molecule has 3 heteroatoms. The van der Waals surface area contributed by atoms with Gasteiger partial charge in [0, 0.05) is 18.9 Å². The highest BCUT2D eigenvalue weighted by Crippen LogP contribution is 2.19. The summed E-state index contributed by atoms with van der Waals surface area (Å²) in [7, 11) is 0. The van der Waals surface area contributed by atoms with Gasteiger partial charge in [-0.05, 0) is 5.56 Å². The first-order valence-corrected chi connectivity index (χ1v) is 4.44. The zero-order valence-electron chi connectivity index (χ0n) is 7.63. The van der Waals surface area contributed by atoms with Gasteiger partial charge in [-0.25, -0.2) is 0 Å². The average molecular weight is 186 g/mol. The normalized spacial score (nSPS) is 17.1. The molecule has 0 aliphatic carbocycles. The summed E-state index contributed by atoms with van der Waals surface area (Å²) in [5, 5.41) is 0. The van der Waals surface area contributed by atoms with Crippen molar-refractivity contribution < 1.29 is 4.79 Å². The molecule has 14 heavy (non-hydrogen) atoms. The first kappa shape index (κ1) is 8.81. The van der Waals surface area contributed by atoms with E-state index in [0.717, 1.165) is 11.8 Å². The third-order valence-electron chi connectivity index (χ3n) is 2.16. The summed E-state index contributed by atoms with van der Waals surface area (Å²) in [6, 6.07) is 9.76. The predicted octanol–water partition coefficient (Wildman–Crippen LogP) is 1.28. The van der Waals surface area contributed by atoms with Crippen LogP contribution in [0, 0.1) is 0 Å². The van der Waals surface area contributed by atoms with Crippen LogP contribution in [0.15, 0.2) is 40.3 Å². The molecule has 1 aliphatic rings. The second-order valence-corrected chi connectivity index (χ2v) is 3.22. The SMILES string of the molecule is O=CC1(Cc2ccccc2)N=CC=N1. The van der Waals surface area contributed by atoms with Crippen molar-refractivity contribution in [1.82, 2.24) is 0 Å². The Bertz CT molecular complexity index is 370. The van der Waals surface area contributed by atoms with Crippen molar-refractivity contribution >= 4 is 18.7 Å². The molecule has 0 spiro atoms. The van der Waals surface area contributed by atoms with Gasteiger partial charge in [-0.15, -0.1) is 0 Å². The van der Waals surface area contributed by atoms with Gasteiger partial charge in [0.25, 0.3) is 0 Å². The lowest BCUT2D eigenvalue weighted by molar-refractivity contribution is -0.111. The molecule has 0 bridgehead atoms. The molecule has 1 aromatic carbocycles. The first-order valence-electron chi connectivity index (χ1n) is 4.44. The molecule has 2 rings (SSSR count). The van der Waals surface area contributed by atoms with E-state index in [9.17, 15) is 4.79 Å². The molecule has 0 fully saturated rings. The number of benzene rings is 1. The smallest absolute Gasteiger partial charge is 0.209 e. The van der Waals surface area contributed by atoms with Crippen LogP contribution in [-0.2, 0) is 11.2 Å². The summed E-state index contributed by atoms with van der Waals surface area (Å²) < 4.78 is 0. The number of hydrogen-bond donors (Lipinski definition) is 0. The number of rotatable bonds is 3. The lowest BCUT2D eigenvalue weighted by Crippen LogP contribution is -2.26. The minimum Gasteiger partial charge on any atom is -0.298 e. The molecule has 0 aromatic heterocycles. The Morgan fingerprint density at radius 3 is 2.36 bits per heavy atom. The topological polar surface area (TPSA) is 41.8 Å². The summed E-state index contributed by atoms with van der Waals surface area (Å²) in [5.74, 6) is 0. The quantitative estimate of drug-likeness (QED) is 0.655. The van der Waals surface area contributed by atoms with Gasteiger partial charge in [0.05, 0.1) is 0 Å². The molecule has 0 amide bonds. The van der Waals surface area contributed by atoms with E-state index in [2.05, 4.69) is 9.98 Å². The van der Waals surface area contributed by atoms with Gasteiger partial charge in [0.1, 0.15) is 0 Å². The van der Waals surface area contributed by atoms with Crippen LogP contribution in [0.25, 0.3) is 0 Å². The third kappa shape index (κ3) is 1.62. The zero-order chi connectivity index (χ0) is 9.86. The maximum atomic E-state index is 10.9. The molecule has 1 aliphatic heterocycles. The Kier molecular flexibility index (Phi) is 2.23. The van der Waals surface area contributed by atoms with E-state index in [1.54, 1.807) is 12.4 Å². The van der Waals surface area contributed by atoms with E-state index >= 15 is 0 Å². The van der Waals surface area contributed by atoms with Gasteiger partial charge >= 0.3 is 0 Å². The molecule has 0 radical (unpaired) electrons. The van der Waals surface area contributed by atoms with Crippen molar-refractivity contribution in [2.24, 2.45) is 9.98 Å². The molecule has 0 saturated carbocycles. The number of aldehydes is 1. The summed E-state index contributed by atoms with van der Waals surface area (Å²) in [4.78, 5) is 19.0. The average Bonchev–Trinajstić information content (AvgIpc) is 2.69. The van der Waals surface area contributed by atoms with Gasteiger partial charge in [0.15, 0.2) is 6.29 Å². The summed E-state index contributed by atoms with van der Waals surface area (Å²) in [6.07, 6.45) is 4.46. The minimum absolute atomic E-state index is 0.532. The van der Waals surface area contributed by atoms with Crippen molar-refractivity contribution in [3.63, 3.8) is 0 Å². The van der Waals surface area contributed by atoms with Crippen LogP contribution >= 0.6 is 0 Å². The second-order valence-electron chi connectivity index (χ2n) is 3.22. The highest BCUT2D eigenvalue weighted by atomic mass is 16.1.